The summed E-state index contributed by atoms with van der Waals surface area (Å²) in [5, 5.41) is 2.92. The summed E-state index contributed by atoms with van der Waals surface area (Å²) >= 11 is 0. The van der Waals surface area contributed by atoms with Gasteiger partial charge in [-0.1, -0.05) is 19.4 Å². The van der Waals surface area contributed by atoms with Gasteiger partial charge in [-0.2, -0.15) is 0 Å². The van der Waals surface area contributed by atoms with Crippen molar-refractivity contribution < 1.29 is 18.0 Å². The Labute approximate surface area is 202 Å². The molecule has 182 valence electrons. The molecule has 1 fully saturated rings. The number of carbonyl (C=O) groups excluding carboxylic acids is 2. The van der Waals surface area contributed by atoms with E-state index in [0.717, 1.165) is 50.5 Å². The Bertz CT molecular complexity index is 1150. The van der Waals surface area contributed by atoms with E-state index in [1.54, 1.807) is 41.3 Å². The van der Waals surface area contributed by atoms with E-state index in [2.05, 4.69) is 17.0 Å². The normalized spacial score (nSPS) is 17.8. The van der Waals surface area contributed by atoms with Gasteiger partial charge in [-0.3, -0.25) is 14.3 Å². The van der Waals surface area contributed by atoms with Crippen LogP contribution in [0, 0.1) is 0 Å². The number of unbranched alkanes of at least 4 members (excludes halogenated alkanes) is 1. The van der Waals surface area contributed by atoms with Gasteiger partial charge in [-0.25, -0.2) is 8.42 Å². The average molecular weight is 484 g/mol. The van der Waals surface area contributed by atoms with Crippen molar-refractivity contribution in [2.24, 2.45) is 0 Å². The first-order valence-corrected chi connectivity index (χ1v) is 13.7. The number of benzene rings is 2. The van der Waals surface area contributed by atoms with Gasteiger partial charge in [0, 0.05) is 24.3 Å². The zero-order valence-electron chi connectivity index (χ0n) is 19.7. The monoisotopic (exact) mass is 483 g/mol. The molecule has 4 rings (SSSR count). The molecule has 0 spiro atoms. The molecule has 2 aromatic carbocycles. The Balaban J connectivity index is 1.42. The SMILES string of the molecule is CCCCNC(=O)[C@@H]1CCCN1C(=O)c1ccc(NS(=O)(=O)c2ccc3c(c2)CCCC3)cc1. The number of nitrogens with zero attached hydrogens (tertiary/aromatic N) is 1. The summed E-state index contributed by atoms with van der Waals surface area (Å²) in [5.41, 5.74) is 3.16. The van der Waals surface area contributed by atoms with Crippen LogP contribution in [0.2, 0.25) is 0 Å². The van der Waals surface area contributed by atoms with Crippen molar-refractivity contribution in [2.75, 3.05) is 17.8 Å². The molecule has 0 unspecified atom stereocenters. The molecule has 7 nitrogen and oxygen atoms in total. The standard InChI is InChI=1S/C26H33N3O4S/c1-2-3-16-27-25(30)24-9-6-17-29(24)26(31)20-10-13-22(14-11-20)28-34(32,33)23-15-12-19-7-4-5-8-21(19)18-23/h10-15,18,24,28H,2-9,16-17H2,1H3,(H,27,30)/t24-/m0/s1. The largest absolute Gasteiger partial charge is 0.354 e. The Kier molecular flexibility index (Phi) is 7.56. The predicted octanol–water partition coefficient (Wildman–Crippen LogP) is 3.89. The lowest BCUT2D eigenvalue weighted by molar-refractivity contribution is -0.124. The zero-order valence-corrected chi connectivity index (χ0v) is 20.5. The van der Waals surface area contributed by atoms with Crippen LogP contribution >= 0.6 is 0 Å². The number of anilines is 1. The van der Waals surface area contributed by atoms with Gasteiger partial charge in [-0.15, -0.1) is 0 Å². The minimum Gasteiger partial charge on any atom is -0.354 e. The Hall–Kier alpha value is -2.87. The molecule has 1 atom stereocenters. The van der Waals surface area contributed by atoms with Crippen molar-refractivity contribution in [2.45, 2.75) is 69.2 Å². The third kappa shape index (κ3) is 5.43. The fourth-order valence-corrected chi connectivity index (χ4v) is 5.84. The molecule has 0 bridgehead atoms. The van der Waals surface area contributed by atoms with Gasteiger partial charge in [0.1, 0.15) is 6.04 Å². The number of rotatable bonds is 8. The number of amides is 2. The lowest BCUT2D eigenvalue weighted by Crippen LogP contribution is -2.46. The van der Waals surface area contributed by atoms with Crippen molar-refractivity contribution in [1.82, 2.24) is 10.2 Å². The van der Waals surface area contributed by atoms with E-state index in [4.69, 9.17) is 0 Å². The molecule has 0 saturated carbocycles. The van der Waals surface area contributed by atoms with Crippen molar-refractivity contribution in [3.8, 4) is 0 Å². The average Bonchev–Trinajstić information content (AvgIpc) is 3.34. The molecule has 2 aliphatic rings. The molecule has 0 aromatic heterocycles. The summed E-state index contributed by atoms with van der Waals surface area (Å²) in [6.45, 7) is 3.22. The smallest absolute Gasteiger partial charge is 0.261 e. The van der Waals surface area contributed by atoms with Gasteiger partial charge in [0.2, 0.25) is 5.91 Å². The molecule has 8 heteroatoms. The second-order valence-corrected chi connectivity index (χ2v) is 10.8. The van der Waals surface area contributed by atoms with E-state index in [0.29, 0.717) is 30.8 Å². The maximum Gasteiger partial charge on any atom is 0.261 e. The van der Waals surface area contributed by atoms with Gasteiger partial charge >= 0.3 is 0 Å². The first-order valence-electron chi connectivity index (χ1n) is 12.2. The van der Waals surface area contributed by atoms with Crippen LogP contribution < -0.4 is 10.0 Å². The van der Waals surface area contributed by atoms with Crippen LogP contribution in [0.5, 0.6) is 0 Å². The molecular weight excluding hydrogens is 450 g/mol. The van der Waals surface area contributed by atoms with Crippen molar-refractivity contribution >= 4 is 27.5 Å². The fraction of sp³-hybridized carbons (Fsp3) is 0.462. The van der Waals surface area contributed by atoms with Gasteiger partial charge in [0.15, 0.2) is 0 Å². The van der Waals surface area contributed by atoms with E-state index in [-0.39, 0.29) is 16.7 Å². The highest BCUT2D eigenvalue weighted by atomic mass is 32.2. The van der Waals surface area contributed by atoms with Crippen molar-refractivity contribution in [3.63, 3.8) is 0 Å². The van der Waals surface area contributed by atoms with E-state index >= 15 is 0 Å². The highest BCUT2D eigenvalue weighted by Crippen LogP contribution is 2.26. The topological polar surface area (TPSA) is 95.6 Å². The molecular formula is C26H33N3O4S. The first-order chi connectivity index (χ1) is 16.4. The minimum absolute atomic E-state index is 0.103. The summed E-state index contributed by atoms with van der Waals surface area (Å²) in [6.07, 6.45) is 7.48. The quantitative estimate of drug-likeness (QED) is 0.557. The molecule has 1 heterocycles. The number of hydrogen-bond donors (Lipinski definition) is 2. The molecule has 2 aromatic rings. The van der Waals surface area contributed by atoms with Crippen LogP contribution in [-0.4, -0.2) is 44.3 Å². The molecule has 1 saturated heterocycles. The zero-order chi connectivity index (χ0) is 24.1. The number of likely N-dealkylation sites (tertiary alicyclic amines) is 1. The van der Waals surface area contributed by atoms with E-state index in [1.807, 2.05) is 6.07 Å². The van der Waals surface area contributed by atoms with Crippen molar-refractivity contribution in [3.05, 3.63) is 59.2 Å². The van der Waals surface area contributed by atoms with Crippen LogP contribution in [0.15, 0.2) is 47.4 Å². The van der Waals surface area contributed by atoms with Crippen LogP contribution in [0.25, 0.3) is 0 Å². The molecule has 0 radical (unpaired) electrons. The second kappa shape index (κ2) is 10.6. The number of hydrogen-bond acceptors (Lipinski definition) is 4. The molecule has 2 amide bonds. The van der Waals surface area contributed by atoms with E-state index < -0.39 is 16.1 Å². The van der Waals surface area contributed by atoms with E-state index in [1.165, 1.54) is 5.56 Å². The van der Waals surface area contributed by atoms with Gasteiger partial charge in [-0.05, 0) is 92.5 Å². The Morgan fingerprint density at radius 2 is 1.74 bits per heavy atom. The minimum atomic E-state index is -3.73. The summed E-state index contributed by atoms with van der Waals surface area (Å²) < 4.78 is 28.4. The lowest BCUT2D eigenvalue weighted by atomic mass is 9.92. The second-order valence-electron chi connectivity index (χ2n) is 9.12. The maximum absolute atomic E-state index is 13.1. The predicted molar refractivity (Wildman–Crippen MR) is 132 cm³/mol. The first kappa shape index (κ1) is 24.3. The van der Waals surface area contributed by atoms with Crippen LogP contribution in [0.1, 0.15) is 66.9 Å². The number of fused-ring (bicyclic) bond motifs is 1. The third-order valence-corrected chi connectivity index (χ3v) is 8.04. The number of sulfonamides is 1. The summed E-state index contributed by atoms with van der Waals surface area (Å²) in [4.78, 5) is 27.4. The fourth-order valence-electron chi connectivity index (χ4n) is 4.73. The van der Waals surface area contributed by atoms with Gasteiger partial charge in [0.05, 0.1) is 4.90 Å². The van der Waals surface area contributed by atoms with Crippen LogP contribution in [0.4, 0.5) is 5.69 Å². The Morgan fingerprint density at radius 3 is 2.47 bits per heavy atom. The van der Waals surface area contributed by atoms with E-state index in [9.17, 15) is 18.0 Å². The number of carbonyl (C=O) groups is 2. The summed E-state index contributed by atoms with van der Waals surface area (Å²) in [6, 6.07) is 11.3. The number of nitrogens with one attached hydrogen (secondary N) is 2. The summed E-state index contributed by atoms with van der Waals surface area (Å²) in [5.74, 6) is -0.314. The van der Waals surface area contributed by atoms with Crippen LogP contribution in [-0.2, 0) is 27.7 Å². The maximum atomic E-state index is 13.1. The summed E-state index contributed by atoms with van der Waals surface area (Å²) in [7, 11) is -3.73. The molecule has 1 aliphatic heterocycles. The van der Waals surface area contributed by atoms with Gasteiger partial charge < -0.3 is 10.2 Å². The van der Waals surface area contributed by atoms with Crippen molar-refractivity contribution in [1.29, 1.82) is 0 Å². The highest BCUT2D eigenvalue weighted by Gasteiger charge is 2.34. The molecule has 1 aliphatic carbocycles. The molecule has 2 N–H and O–H groups in total. The third-order valence-electron chi connectivity index (χ3n) is 6.66. The highest BCUT2D eigenvalue weighted by molar-refractivity contribution is 7.92. The molecule has 34 heavy (non-hydrogen) atoms. The van der Waals surface area contributed by atoms with Gasteiger partial charge in [0.25, 0.3) is 15.9 Å². The van der Waals surface area contributed by atoms with Crippen LogP contribution in [0.3, 0.4) is 0 Å². The Morgan fingerprint density at radius 1 is 1.00 bits per heavy atom. The number of aryl methyl sites for hydroxylation is 2. The lowest BCUT2D eigenvalue weighted by Gasteiger charge is -2.24.